The predicted octanol–water partition coefficient (Wildman–Crippen LogP) is 0.482. The third kappa shape index (κ3) is 6.27. The summed E-state index contributed by atoms with van der Waals surface area (Å²) in [5, 5.41) is 11.0. The highest BCUT2D eigenvalue weighted by Gasteiger charge is 2.03. The Bertz CT molecular complexity index is 419. The molecule has 0 radical (unpaired) electrons. The first-order valence-corrected chi connectivity index (χ1v) is 5.67. The summed E-state index contributed by atoms with van der Waals surface area (Å²) in [5.74, 6) is 0.139. The number of primary amides is 1. The molecular formula is C12H16N2O5. The zero-order chi connectivity index (χ0) is 14.1. The number of aliphatic hydroxyl groups excluding tert-OH is 1. The SMILES string of the molecule is NC(=O)CCOc1ccc(NC(=O)OCCO)cc1. The van der Waals surface area contributed by atoms with E-state index in [9.17, 15) is 9.59 Å². The number of hydrogen-bond acceptors (Lipinski definition) is 5. The third-order valence-electron chi connectivity index (χ3n) is 2.04. The number of benzene rings is 1. The summed E-state index contributed by atoms with van der Waals surface area (Å²) in [5.41, 5.74) is 5.51. The number of carbonyl (C=O) groups is 2. The van der Waals surface area contributed by atoms with E-state index in [1.807, 2.05) is 0 Å². The summed E-state index contributed by atoms with van der Waals surface area (Å²) in [6.45, 7) is -0.0686. The fourth-order valence-corrected chi connectivity index (χ4v) is 1.20. The first-order chi connectivity index (χ1) is 9.11. The summed E-state index contributed by atoms with van der Waals surface area (Å²) in [6, 6.07) is 6.53. The number of aliphatic hydroxyl groups is 1. The Balaban J connectivity index is 2.38. The van der Waals surface area contributed by atoms with Crippen molar-refractivity contribution in [3.63, 3.8) is 0 Å². The van der Waals surface area contributed by atoms with E-state index in [4.69, 9.17) is 15.6 Å². The van der Waals surface area contributed by atoms with Crippen LogP contribution in [0.3, 0.4) is 0 Å². The molecule has 0 fully saturated rings. The second-order valence-electron chi connectivity index (χ2n) is 3.57. The number of nitrogens with one attached hydrogen (secondary N) is 1. The van der Waals surface area contributed by atoms with Gasteiger partial charge in [0.2, 0.25) is 5.91 Å². The standard InChI is InChI=1S/C12H16N2O5/c13-11(16)5-7-18-10-3-1-9(2-4-10)14-12(17)19-8-6-15/h1-4,15H,5-8H2,(H2,13,16)(H,14,17). The fraction of sp³-hybridized carbons (Fsp3) is 0.333. The average Bonchev–Trinajstić information content (AvgIpc) is 2.38. The lowest BCUT2D eigenvalue weighted by atomic mass is 10.3. The predicted molar refractivity (Wildman–Crippen MR) is 67.8 cm³/mol. The van der Waals surface area contributed by atoms with Gasteiger partial charge in [0.15, 0.2) is 0 Å². The molecule has 1 aromatic carbocycles. The first-order valence-electron chi connectivity index (χ1n) is 5.67. The van der Waals surface area contributed by atoms with Gasteiger partial charge >= 0.3 is 6.09 Å². The summed E-state index contributed by atoms with van der Waals surface area (Å²) in [6.07, 6.45) is -0.496. The molecular weight excluding hydrogens is 252 g/mol. The summed E-state index contributed by atoms with van der Waals surface area (Å²) >= 11 is 0. The molecule has 7 nitrogen and oxygen atoms in total. The van der Waals surface area contributed by atoms with Gasteiger partial charge in [0.25, 0.3) is 0 Å². The quantitative estimate of drug-likeness (QED) is 0.666. The molecule has 19 heavy (non-hydrogen) atoms. The molecule has 4 N–H and O–H groups in total. The van der Waals surface area contributed by atoms with Gasteiger partial charge in [0.05, 0.1) is 19.6 Å². The van der Waals surface area contributed by atoms with E-state index in [1.54, 1.807) is 24.3 Å². The number of hydrogen-bond donors (Lipinski definition) is 3. The largest absolute Gasteiger partial charge is 0.493 e. The van der Waals surface area contributed by atoms with E-state index in [1.165, 1.54) is 0 Å². The van der Waals surface area contributed by atoms with E-state index in [0.717, 1.165) is 0 Å². The van der Waals surface area contributed by atoms with E-state index >= 15 is 0 Å². The fourth-order valence-electron chi connectivity index (χ4n) is 1.20. The molecule has 104 valence electrons. The Morgan fingerprint density at radius 1 is 1.21 bits per heavy atom. The second-order valence-corrected chi connectivity index (χ2v) is 3.57. The maximum Gasteiger partial charge on any atom is 0.411 e. The van der Waals surface area contributed by atoms with E-state index in [0.29, 0.717) is 11.4 Å². The molecule has 0 saturated heterocycles. The van der Waals surface area contributed by atoms with Crippen LogP contribution in [0, 0.1) is 0 Å². The van der Waals surface area contributed by atoms with E-state index < -0.39 is 12.0 Å². The highest BCUT2D eigenvalue weighted by atomic mass is 16.6. The van der Waals surface area contributed by atoms with Crippen molar-refractivity contribution in [2.45, 2.75) is 6.42 Å². The van der Waals surface area contributed by atoms with Gasteiger partial charge in [-0.3, -0.25) is 10.1 Å². The minimum Gasteiger partial charge on any atom is -0.493 e. The first kappa shape index (κ1) is 14.8. The zero-order valence-electron chi connectivity index (χ0n) is 10.3. The molecule has 0 bridgehead atoms. The molecule has 7 heteroatoms. The van der Waals surface area contributed by atoms with Crippen LogP contribution in [-0.2, 0) is 9.53 Å². The highest BCUT2D eigenvalue weighted by Crippen LogP contribution is 2.15. The van der Waals surface area contributed by atoms with Crippen LogP contribution in [0.4, 0.5) is 10.5 Å². The van der Waals surface area contributed by atoms with Gasteiger partial charge in [-0.2, -0.15) is 0 Å². The number of amides is 2. The number of ether oxygens (including phenoxy) is 2. The Morgan fingerprint density at radius 3 is 2.47 bits per heavy atom. The van der Waals surface area contributed by atoms with Gasteiger partial charge in [-0.05, 0) is 24.3 Å². The molecule has 0 aliphatic carbocycles. The monoisotopic (exact) mass is 268 g/mol. The van der Waals surface area contributed by atoms with Crippen molar-refractivity contribution >= 4 is 17.7 Å². The smallest absolute Gasteiger partial charge is 0.411 e. The number of rotatable bonds is 7. The second kappa shape index (κ2) is 7.93. The van der Waals surface area contributed by atoms with Crippen molar-refractivity contribution in [3.05, 3.63) is 24.3 Å². The van der Waals surface area contributed by atoms with E-state index in [2.05, 4.69) is 10.1 Å². The lowest BCUT2D eigenvalue weighted by Gasteiger charge is -2.07. The van der Waals surface area contributed by atoms with E-state index in [-0.39, 0.29) is 26.2 Å². The van der Waals surface area contributed by atoms with Gasteiger partial charge in [-0.1, -0.05) is 0 Å². The molecule has 0 saturated carbocycles. The normalized spacial score (nSPS) is 9.74. The molecule has 1 rings (SSSR count). The third-order valence-corrected chi connectivity index (χ3v) is 2.04. The van der Waals surface area contributed by atoms with Crippen LogP contribution in [0.2, 0.25) is 0 Å². The van der Waals surface area contributed by atoms with Gasteiger partial charge in [-0.25, -0.2) is 4.79 Å². The Morgan fingerprint density at radius 2 is 1.89 bits per heavy atom. The molecule has 2 amide bonds. The Hall–Kier alpha value is -2.28. The number of anilines is 1. The summed E-state index contributed by atoms with van der Waals surface area (Å²) in [7, 11) is 0. The molecule has 0 heterocycles. The summed E-state index contributed by atoms with van der Waals surface area (Å²) in [4.78, 5) is 21.7. The van der Waals surface area contributed by atoms with Crippen LogP contribution in [0.5, 0.6) is 5.75 Å². The highest BCUT2D eigenvalue weighted by molar-refractivity contribution is 5.84. The lowest BCUT2D eigenvalue weighted by molar-refractivity contribution is -0.118. The maximum atomic E-state index is 11.2. The van der Waals surface area contributed by atoms with Crippen LogP contribution in [0.1, 0.15) is 6.42 Å². The van der Waals surface area contributed by atoms with Crippen LogP contribution in [0.25, 0.3) is 0 Å². The number of nitrogens with two attached hydrogens (primary N) is 1. The molecule has 0 aliphatic rings. The lowest BCUT2D eigenvalue weighted by Crippen LogP contribution is -2.16. The van der Waals surface area contributed by atoms with Crippen molar-refractivity contribution in [1.29, 1.82) is 0 Å². The van der Waals surface area contributed by atoms with Crippen molar-refractivity contribution in [3.8, 4) is 5.75 Å². The zero-order valence-corrected chi connectivity index (χ0v) is 10.3. The maximum absolute atomic E-state index is 11.2. The Labute approximate surface area is 110 Å². The number of carbonyl (C=O) groups excluding carboxylic acids is 2. The van der Waals surface area contributed by atoms with Crippen LogP contribution in [-0.4, -0.2) is 36.9 Å². The van der Waals surface area contributed by atoms with Gasteiger partial charge in [0, 0.05) is 5.69 Å². The minimum absolute atomic E-state index is 0.0554. The van der Waals surface area contributed by atoms with Crippen molar-refractivity contribution < 1.29 is 24.2 Å². The van der Waals surface area contributed by atoms with Gasteiger partial charge in [-0.15, -0.1) is 0 Å². The average molecular weight is 268 g/mol. The molecule has 1 aromatic rings. The molecule has 0 unspecified atom stereocenters. The summed E-state index contributed by atoms with van der Waals surface area (Å²) < 4.78 is 9.90. The topological polar surface area (TPSA) is 111 Å². The van der Waals surface area contributed by atoms with Gasteiger partial charge in [0.1, 0.15) is 12.4 Å². The van der Waals surface area contributed by atoms with Crippen LogP contribution >= 0.6 is 0 Å². The molecule has 0 spiro atoms. The van der Waals surface area contributed by atoms with Crippen LogP contribution in [0.15, 0.2) is 24.3 Å². The van der Waals surface area contributed by atoms with Crippen molar-refractivity contribution in [2.75, 3.05) is 25.1 Å². The van der Waals surface area contributed by atoms with Crippen LogP contribution < -0.4 is 15.8 Å². The van der Waals surface area contributed by atoms with Crippen molar-refractivity contribution in [1.82, 2.24) is 0 Å². The minimum atomic E-state index is -0.642. The van der Waals surface area contributed by atoms with Gasteiger partial charge < -0.3 is 20.3 Å². The molecule has 0 aromatic heterocycles. The molecule has 0 atom stereocenters. The molecule has 0 aliphatic heterocycles. The Kier molecular flexibility index (Phi) is 6.17. The van der Waals surface area contributed by atoms with Crippen molar-refractivity contribution in [2.24, 2.45) is 5.73 Å².